The summed E-state index contributed by atoms with van der Waals surface area (Å²) < 4.78 is 3.49. The SMILES string of the molecule is Cn1nccc1[C@H](O)c1cc2n(n1)CCCN(C(=O)c1cc(Cl)c[nH]1)C2. The van der Waals surface area contributed by atoms with Crippen molar-refractivity contribution in [1.29, 1.82) is 0 Å². The minimum Gasteiger partial charge on any atom is -0.380 e. The van der Waals surface area contributed by atoms with Crippen LogP contribution in [0.5, 0.6) is 0 Å². The predicted molar refractivity (Wildman–Crippen MR) is 94.7 cm³/mol. The van der Waals surface area contributed by atoms with Gasteiger partial charge in [-0.3, -0.25) is 14.2 Å². The lowest BCUT2D eigenvalue weighted by molar-refractivity contribution is 0.0740. The van der Waals surface area contributed by atoms with Crippen molar-refractivity contribution in [3.8, 4) is 0 Å². The predicted octanol–water partition coefficient (Wildman–Crippen LogP) is 1.73. The monoisotopic (exact) mass is 374 g/mol. The number of nitrogens with zero attached hydrogens (tertiary/aromatic N) is 5. The van der Waals surface area contributed by atoms with Crippen LogP contribution in [0.15, 0.2) is 30.6 Å². The van der Waals surface area contributed by atoms with Crippen molar-refractivity contribution >= 4 is 17.5 Å². The Morgan fingerprint density at radius 2 is 2.23 bits per heavy atom. The molecule has 4 rings (SSSR count). The summed E-state index contributed by atoms with van der Waals surface area (Å²) in [6.45, 7) is 1.77. The first-order valence-corrected chi connectivity index (χ1v) is 8.76. The summed E-state index contributed by atoms with van der Waals surface area (Å²) in [6, 6.07) is 5.24. The molecule has 0 unspecified atom stereocenters. The highest BCUT2D eigenvalue weighted by Gasteiger charge is 2.25. The molecule has 8 nitrogen and oxygen atoms in total. The molecule has 0 saturated carbocycles. The van der Waals surface area contributed by atoms with Crippen LogP contribution in [0.2, 0.25) is 5.02 Å². The lowest BCUT2D eigenvalue weighted by Crippen LogP contribution is -2.30. The smallest absolute Gasteiger partial charge is 0.270 e. The topological polar surface area (TPSA) is 92.0 Å². The number of hydrogen-bond donors (Lipinski definition) is 2. The fourth-order valence-corrected chi connectivity index (χ4v) is 3.42. The van der Waals surface area contributed by atoms with E-state index in [1.165, 1.54) is 0 Å². The minimum absolute atomic E-state index is 0.0970. The number of aliphatic hydroxyl groups is 1. The summed E-state index contributed by atoms with van der Waals surface area (Å²) in [5.41, 5.74) is 2.59. The van der Waals surface area contributed by atoms with E-state index < -0.39 is 6.10 Å². The van der Waals surface area contributed by atoms with Crippen LogP contribution in [0.1, 0.15) is 40.1 Å². The molecule has 3 aromatic rings. The Labute approximate surface area is 155 Å². The van der Waals surface area contributed by atoms with E-state index in [1.54, 1.807) is 41.2 Å². The zero-order valence-electron chi connectivity index (χ0n) is 14.3. The van der Waals surface area contributed by atoms with Gasteiger partial charge in [0.25, 0.3) is 5.91 Å². The van der Waals surface area contributed by atoms with Crippen molar-refractivity contribution in [2.24, 2.45) is 7.05 Å². The van der Waals surface area contributed by atoms with Crippen LogP contribution in [0, 0.1) is 0 Å². The van der Waals surface area contributed by atoms with Crippen LogP contribution in [-0.4, -0.2) is 47.0 Å². The molecule has 0 aromatic carbocycles. The van der Waals surface area contributed by atoms with Crippen molar-refractivity contribution in [1.82, 2.24) is 29.4 Å². The van der Waals surface area contributed by atoms with Gasteiger partial charge in [0.2, 0.25) is 0 Å². The van der Waals surface area contributed by atoms with Gasteiger partial charge in [0.15, 0.2) is 0 Å². The maximum Gasteiger partial charge on any atom is 0.270 e. The molecule has 1 atom stereocenters. The van der Waals surface area contributed by atoms with E-state index >= 15 is 0 Å². The Balaban J connectivity index is 1.58. The second-order valence-corrected chi connectivity index (χ2v) is 6.81. The maximum absolute atomic E-state index is 12.7. The number of carbonyl (C=O) groups excluding carboxylic acids is 1. The minimum atomic E-state index is -0.853. The molecular weight excluding hydrogens is 356 g/mol. The highest BCUT2D eigenvalue weighted by Crippen LogP contribution is 2.24. The Morgan fingerprint density at radius 3 is 2.92 bits per heavy atom. The Bertz CT molecular complexity index is 943. The second-order valence-electron chi connectivity index (χ2n) is 6.38. The summed E-state index contributed by atoms with van der Waals surface area (Å²) in [7, 11) is 1.78. The lowest BCUT2D eigenvalue weighted by Gasteiger charge is -2.19. The Kier molecular flexibility index (Phi) is 4.29. The number of H-pyrrole nitrogens is 1. The number of aliphatic hydroxyl groups excluding tert-OH is 1. The van der Waals surface area contributed by atoms with Crippen LogP contribution in [0.4, 0.5) is 0 Å². The van der Waals surface area contributed by atoms with Crippen LogP contribution in [-0.2, 0) is 20.1 Å². The average molecular weight is 375 g/mol. The van der Waals surface area contributed by atoms with E-state index in [4.69, 9.17) is 11.6 Å². The first kappa shape index (κ1) is 16.9. The Hall–Kier alpha value is -2.58. The number of aromatic nitrogens is 5. The molecule has 0 saturated heterocycles. The summed E-state index contributed by atoms with van der Waals surface area (Å²) in [4.78, 5) is 17.4. The van der Waals surface area contributed by atoms with E-state index in [1.807, 2.05) is 10.7 Å². The molecule has 26 heavy (non-hydrogen) atoms. The van der Waals surface area contributed by atoms with Crippen molar-refractivity contribution in [3.63, 3.8) is 0 Å². The third-order valence-corrected chi connectivity index (χ3v) is 4.84. The van der Waals surface area contributed by atoms with Gasteiger partial charge in [-0.15, -0.1) is 0 Å². The molecule has 0 aliphatic carbocycles. The van der Waals surface area contributed by atoms with E-state index in [0.717, 1.165) is 12.1 Å². The zero-order chi connectivity index (χ0) is 18.3. The third kappa shape index (κ3) is 3.02. The van der Waals surface area contributed by atoms with E-state index in [9.17, 15) is 9.90 Å². The van der Waals surface area contributed by atoms with Crippen LogP contribution >= 0.6 is 11.6 Å². The summed E-state index contributed by atoms with van der Waals surface area (Å²) in [6.07, 6.45) is 3.17. The van der Waals surface area contributed by atoms with Crippen molar-refractivity contribution in [2.45, 2.75) is 25.6 Å². The zero-order valence-corrected chi connectivity index (χ0v) is 15.0. The second kappa shape index (κ2) is 6.62. The number of hydrogen-bond acceptors (Lipinski definition) is 4. The highest BCUT2D eigenvalue weighted by molar-refractivity contribution is 6.30. The number of aromatic amines is 1. The number of nitrogens with one attached hydrogen (secondary N) is 1. The van der Waals surface area contributed by atoms with Gasteiger partial charge in [-0.05, 0) is 24.6 Å². The van der Waals surface area contributed by atoms with Crippen molar-refractivity contribution < 1.29 is 9.90 Å². The number of aryl methyl sites for hydroxylation is 2. The molecular formula is C17H19ClN6O2. The van der Waals surface area contributed by atoms with E-state index in [0.29, 0.717) is 41.7 Å². The summed E-state index contributed by atoms with van der Waals surface area (Å²) >= 11 is 5.91. The maximum atomic E-state index is 12.7. The average Bonchev–Trinajstić information content (AvgIpc) is 3.31. The molecule has 0 fully saturated rings. The molecule has 1 aliphatic heterocycles. The van der Waals surface area contributed by atoms with Crippen LogP contribution in [0.25, 0.3) is 0 Å². The molecule has 3 aromatic heterocycles. The van der Waals surface area contributed by atoms with Crippen LogP contribution < -0.4 is 0 Å². The van der Waals surface area contributed by atoms with Gasteiger partial charge < -0.3 is 15.0 Å². The van der Waals surface area contributed by atoms with Crippen molar-refractivity contribution in [2.75, 3.05) is 6.54 Å². The molecule has 4 heterocycles. The van der Waals surface area contributed by atoms with Gasteiger partial charge in [0.1, 0.15) is 11.8 Å². The number of halogens is 1. The fourth-order valence-electron chi connectivity index (χ4n) is 3.26. The number of carbonyl (C=O) groups is 1. The molecule has 0 bridgehead atoms. The van der Waals surface area contributed by atoms with Gasteiger partial charge >= 0.3 is 0 Å². The highest BCUT2D eigenvalue weighted by atomic mass is 35.5. The molecule has 1 amide bonds. The molecule has 2 N–H and O–H groups in total. The van der Waals surface area contributed by atoms with Gasteiger partial charge in [-0.1, -0.05) is 11.6 Å². The molecule has 0 spiro atoms. The quantitative estimate of drug-likeness (QED) is 0.730. The Morgan fingerprint density at radius 1 is 1.38 bits per heavy atom. The molecule has 0 radical (unpaired) electrons. The fraction of sp³-hybridized carbons (Fsp3) is 0.353. The van der Waals surface area contributed by atoms with Crippen molar-refractivity contribution in [3.05, 3.63) is 58.4 Å². The molecule has 1 aliphatic rings. The molecule has 9 heteroatoms. The molecule has 136 valence electrons. The van der Waals surface area contributed by atoms with Gasteiger partial charge in [0, 0.05) is 32.5 Å². The van der Waals surface area contributed by atoms with Gasteiger partial charge in [0.05, 0.1) is 28.6 Å². The number of amides is 1. The van der Waals surface area contributed by atoms with E-state index in [2.05, 4.69) is 15.2 Å². The first-order chi connectivity index (χ1) is 12.5. The summed E-state index contributed by atoms with van der Waals surface area (Å²) in [5.74, 6) is -0.0970. The normalized spacial score (nSPS) is 15.6. The first-order valence-electron chi connectivity index (χ1n) is 8.38. The van der Waals surface area contributed by atoms with Crippen LogP contribution in [0.3, 0.4) is 0 Å². The summed E-state index contributed by atoms with van der Waals surface area (Å²) in [5, 5.41) is 19.7. The van der Waals surface area contributed by atoms with Gasteiger partial charge in [-0.2, -0.15) is 10.2 Å². The number of fused-ring (bicyclic) bond motifs is 1. The van der Waals surface area contributed by atoms with Gasteiger partial charge in [-0.25, -0.2) is 0 Å². The number of rotatable bonds is 3. The standard InChI is InChI=1S/C17H19ClN6O2/c1-22-15(3-4-20-22)16(25)13-8-12-10-23(5-2-6-24(12)21-13)17(26)14-7-11(18)9-19-14/h3-4,7-9,16,19,25H,2,5-6,10H2,1H3/t16-/m1/s1. The van der Waals surface area contributed by atoms with E-state index in [-0.39, 0.29) is 5.91 Å². The third-order valence-electron chi connectivity index (χ3n) is 4.62. The lowest BCUT2D eigenvalue weighted by atomic mass is 10.2. The largest absolute Gasteiger partial charge is 0.380 e.